The number of benzene rings is 2. The molecule has 2 aliphatic heterocycles. The topological polar surface area (TPSA) is 43.2 Å². The Hall–Kier alpha value is -2.04. The Morgan fingerprint density at radius 2 is 1.11 bits per heavy atom. The smallest absolute Gasteiger partial charge is 0.199 e. The van der Waals surface area contributed by atoms with Crippen LogP contribution in [0.4, 0.5) is 0 Å². The maximum atomic E-state index is 5.97. The van der Waals surface area contributed by atoms with Gasteiger partial charge in [0, 0.05) is 10.0 Å². The number of halogens is 2. The fourth-order valence-electron chi connectivity index (χ4n) is 3.23. The van der Waals surface area contributed by atoms with Crippen molar-refractivity contribution in [3.8, 4) is 0 Å². The molecule has 2 aliphatic rings. The molecule has 0 aromatic heterocycles. The maximum absolute atomic E-state index is 5.97. The highest BCUT2D eigenvalue weighted by molar-refractivity contribution is 6.30. The van der Waals surface area contributed by atoms with E-state index in [1.807, 2.05) is 62.4 Å². The third-order valence-electron chi connectivity index (χ3n) is 4.88. The van der Waals surface area contributed by atoms with Gasteiger partial charge in [0.15, 0.2) is 11.8 Å². The molecule has 0 unspecified atom stereocenters. The fourth-order valence-corrected chi connectivity index (χ4v) is 3.49. The molecule has 0 saturated carbocycles. The summed E-state index contributed by atoms with van der Waals surface area (Å²) in [5, 5.41) is 1.42. The molecule has 0 fully saturated rings. The monoisotopic (exact) mass is 402 g/mol. The van der Waals surface area contributed by atoms with Crippen LogP contribution in [0.15, 0.2) is 58.5 Å². The van der Waals surface area contributed by atoms with Crippen LogP contribution in [0.25, 0.3) is 0 Å². The summed E-state index contributed by atoms with van der Waals surface area (Å²) in [6.45, 7) is 5.07. The minimum Gasteiger partial charge on any atom is -0.478 e. The highest BCUT2D eigenvalue weighted by atomic mass is 35.5. The van der Waals surface area contributed by atoms with Gasteiger partial charge in [-0.05, 0) is 49.2 Å². The lowest BCUT2D eigenvalue weighted by atomic mass is 9.93. The molecular weight excluding hydrogens is 383 g/mol. The second-order valence-corrected chi connectivity index (χ2v) is 8.12. The van der Waals surface area contributed by atoms with Crippen LogP contribution in [-0.4, -0.2) is 25.0 Å². The highest BCUT2D eigenvalue weighted by Crippen LogP contribution is 2.35. The van der Waals surface area contributed by atoms with E-state index in [0.29, 0.717) is 35.1 Å². The van der Waals surface area contributed by atoms with E-state index in [9.17, 15) is 0 Å². The van der Waals surface area contributed by atoms with E-state index in [4.69, 9.17) is 42.7 Å². The largest absolute Gasteiger partial charge is 0.478 e. The van der Waals surface area contributed by atoms with Gasteiger partial charge in [-0.3, -0.25) is 0 Å². The van der Waals surface area contributed by atoms with Crippen molar-refractivity contribution in [2.24, 2.45) is 15.4 Å². The molecule has 0 aliphatic carbocycles. The van der Waals surface area contributed by atoms with Crippen LogP contribution >= 0.6 is 23.2 Å². The van der Waals surface area contributed by atoms with Crippen LogP contribution < -0.4 is 0 Å². The van der Waals surface area contributed by atoms with Crippen molar-refractivity contribution in [3.63, 3.8) is 0 Å². The molecule has 0 N–H and O–H groups in total. The van der Waals surface area contributed by atoms with Gasteiger partial charge < -0.3 is 9.47 Å². The molecule has 0 radical (unpaired) electrons. The zero-order valence-electron chi connectivity index (χ0n) is 15.2. The Morgan fingerprint density at radius 3 is 1.48 bits per heavy atom. The molecule has 27 heavy (non-hydrogen) atoms. The van der Waals surface area contributed by atoms with Gasteiger partial charge in [0.1, 0.15) is 30.7 Å². The summed E-state index contributed by atoms with van der Waals surface area (Å²) < 4.78 is 11.8. The molecular formula is C21H20Cl2N2O2. The molecule has 0 amide bonds. The number of nitrogens with zero attached hydrogens (tertiary/aromatic N) is 2. The minimum absolute atomic E-state index is 0.0365. The molecule has 2 aromatic carbocycles. The molecule has 2 atom stereocenters. The van der Waals surface area contributed by atoms with Crippen LogP contribution in [0.3, 0.4) is 0 Å². The van der Waals surface area contributed by atoms with Crippen molar-refractivity contribution < 1.29 is 9.47 Å². The van der Waals surface area contributed by atoms with Crippen molar-refractivity contribution in [2.75, 3.05) is 13.2 Å². The van der Waals surface area contributed by atoms with Crippen molar-refractivity contribution in [1.29, 1.82) is 0 Å². The van der Waals surface area contributed by atoms with Crippen LogP contribution in [-0.2, 0) is 9.47 Å². The van der Waals surface area contributed by atoms with Crippen molar-refractivity contribution in [1.82, 2.24) is 0 Å². The molecule has 4 rings (SSSR count). The lowest BCUT2D eigenvalue weighted by Gasteiger charge is -2.22. The van der Waals surface area contributed by atoms with Crippen molar-refractivity contribution in [2.45, 2.75) is 25.9 Å². The fraction of sp³-hybridized carbons (Fsp3) is 0.333. The Balaban J connectivity index is 1.54. The van der Waals surface area contributed by atoms with Gasteiger partial charge >= 0.3 is 0 Å². The molecule has 2 heterocycles. The number of ether oxygens (including phenoxy) is 2. The van der Waals surface area contributed by atoms with E-state index in [0.717, 1.165) is 11.1 Å². The number of hydrogen-bond donors (Lipinski definition) is 0. The standard InChI is InChI=1S/C21H20Cl2N2O2/c1-21(2,19-24-17(11-26-19)13-3-7-15(22)8-4-13)20-25-18(12-27-20)14-5-9-16(23)10-6-14/h3-10,17-18H,11-12H2,1-2H3/t17-,18-/m0/s1. The van der Waals surface area contributed by atoms with E-state index in [1.54, 1.807) is 0 Å². The third-order valence-corrected chi connectivity index (χ3v) is 5.38. The lowest BCUT2D eigenvalue weighted by molar-refractivity contribution is 0.265. The lowest BCUT2D eigenvalue weighted by Crippen LogP contribution is -2.34. The summed E-state index contributed by atoms with van der Waals surface area (Å²) >= 11 is 11.9. The third kappa shape index (κ3) is 3.69. The summed E-state index contributed by atoms with van der Waals surface area (Å²) in [7, 11) is 0. The van der Waals surface area contributed by atoms with Gasteiger partial charge in [-0.15, -0.1) is 0 Å². The van der Waals surface area contributed by atoms with E-state index in [1.165, 1.54) is 0 Å². The highest BCUT2D eigenvalue weighted by Gasteiger charge is 2.41. The number of aliphatic imine (C=N–C) groups is 2. The second kappa shape index (κ2) is 7.17. The SMILES string of the molecule is CC(C)(C1=N[C@H](c2ccc(Cl)cc2)CO1)C1=N[C@H](c2ccc(Cl)cc2)CO1. The quantitative estimate of drug-likeness (QED) is 0.661. The predicted octanol–water partition coefficient (Wildman–Crippen LogP) is 5.66. The Bertz CT molecular complexity index is 816. The summed E-state index contributed by atoms with van der Waals surface area (Å²) in [4.78, 5) is 9.57. The Kier molecular flexibility index (Phi) is 4.87. The number of rotatable bonds is 4. The van der Waals surface area contributed by atoms with Gasteiger partial charge in [0.2, 0.25) is 0 Å². The molecule has 6 heteroatoms. The minimum atomic E-state index is -0.525. The summed E-state index contributed by atoms with van der Waals surface area (Å²) in [5.74, 6) is 1.30. The van der Waals surface area contributed by atoms with Gasteiger partial charge in [-0.2, -0.15) is 0 Å². The van der Waals surface area contributed by atoms with Crippen molar-refractivity contribution in [3.05, 3.63) is 69.7 Å². The van der Waals surface area contributed by atoms with E-state index in [-0.39, 0.29) is 12.1 Å². The van der Waals surface area contributed by atoms with Crippen LogP contribution in [0.1, 0.15) is 37.1 Å². The summed E-state index contributed by atoms with van der Waals surface area (Å²) in [6.07, 6.45) is 0. The van der Waals surface area contributed by atoms with E-state index < -0.39 is 5.41 Å². The Labute approximate surface area is 168 Å². The maximum Gasteiger partial charge on any atom is 0.199 e. The van der Waals surface area contributed by atoms with Gasteiger partial charge in [-0.25, -0.2) is 9.98 Å². The van der Waals surface area contributed by atoms with Gasteiger partial charge in [0.25, 0.3) is 0 Å². The van der Waals surface area contributed by atoms with Crippen LogP contribution in [0.5, 0.6) is 0 Å². The first-order valence-electron chi connectivity index (χ1n) is 8.86. The van der Waals surface area contributed by atoms with Crippen LogP contribution in [0, 0.1) is 5.41 Å². The predicted molar refractivity (Wildman–Crippen MR) is 109 cm³/mol. The van der Waals surface area contributed by atoms with E-state index >= 15 is 0 Å². The average molecular weight is 403 g/mol. The van der Waals surface area contributed by atoms with Gasteiger partial charge in [0.05, 0.1) is 0 Å². The average Bonchev–Trinajstić information content (AvgIpc) is 3.34. The summed E-state index contributed by atoms with van der Waals surface area (Å²) in [6, 6.07) is 15.3. The second-order valence-electron chi connectivity index (χ2n) is 7.25. The van der Waals surface area contributed by atoms with Crippen molar-refractivity contribution >= 4 is 35.0 Å². The zero-order chi connectivity index (χ0) is 19.0. The number of hydrogen-bond acceptors (Lipinski definition) is 4. The summed E-state index contributed by atoms with van der Waals surface area (Å²) in [5.41, 5.74) is 1.64. The Morgan fingerprint density at radius 1 is 0.741 bits per heavy atom. The first kappa shape index (κ1) is 18.3. The van der Waals surface area contributed by atoms with E-state index in [2.05, 4.69) is 0 Å². The molecule has 0 spiro atoms. The molecule has 140 valence electrons. The molecule has 4 nitrogen and oxygen atoms in total. The molecule has 0 bridgehead atoms. The van der Waals surface area contributed by atoms with Crippen LogP contribution in [0.2, 0.25) is 10.0 Å². The molecule has 0 saturated heterocycles. The first-order valence-corrected chi connectivity index (χ1v) is 9.62. The normalized spacial score (nSPS) is 22.1. The molecule has 2 aromatic rings. The first-order chi connectivity index (χ1) is 12.9. The zero-order valence-corrected chi connectivity index (χ0v) is 16.7. The van der Waals surface area contributed by atoms with Gasteiger partial charge in [-0.1, -0.05) is 47.5 Å².